The molecule has 1 aliphatic carbocycles. The van der Waals surface area contributed by atoms with Crippen LogP contribution in [-0.2, 0) is 7.05 Å². The minimum atomic E-state index is 0.610. The summed E-state index contributed by atoms with van der Waals surface area (Å²) in [5.41, 5.74) is 1.09. The molecule has 1 fully saturated rings. The molecule has 0 radical (unpaired) electrons. The number of rotatable bonds is 2. The minimum absolute atomic E-state index is 0.610. The predicted molar refractivity (Wildman–Crippen MR) is 63.0 cm³/mol. The summed E-state index contributed by atoms with van der Waals surface area (Å²) in [6, 6.07) is 0.610. The van der Waals surface area contributed by atoms with Gasteiger partial charge in [0.05, 0.1) is 5.69 Å². The average Bonchev–Trinajstić information content (AvgIpc) is 2.49. The van der Waals surface area contributed by atoms with E-state index in [9.17, 15) is 0 Å². The Morgan fingerprint density at radius 1 is 1.40 bits per heavy atom. The summed E-state index contributed by atoms with van der Waals surface area (Å²) >= 11 is 0. The molecular formula is C12H21N3. The number of imidazole rings is 1. The second kappa shape index (κ2) is 4.25. The first-order chi connectivity index (χ1) is 7.16. The van der Waals surface area contributed by atoms with Crippen LogP contribution in [-0.4, -0.2) is 15.6 Å². The monoisotopic (exact) mass is 207 g/mol. The van der Waals surface area contributed by atoms with E-state index in [1.54, 1.807) is 0 Å². The van der Waals surface area contributed by atoms with Crippen molar-refractivity contribution in [2.45, 2.75) is 45.6 Å². The third-order valence-electron chi connectivity index (χ3n) is 3.42. The highest BCUT2D eigenvalue weighted by Gasteiger charge is 2.22. The van der Waals surface area contributed by atoms with Crippen LogP contribution in [0.1, 0.15) is 38.3 Å². The molecule has 1 heterocycles. The standard InChI is InChI=1S/C12H21N3/c1-9-6-4-5-7-11(9)14-12-13-10(2)8-15(12)3/h8-9,11H,4-7H2,1-3H3,(H,13,14). The van der Waals surface area contributed by atoms with Crippen LogP contribution < -0.4 is 5.32 Å². The maximum absolute atomic E-state index is 4.49. The lowest BCUT2D eigenvalue weighted by molar-refractivity contribution is 0.348. The van der Waals surface area contributed by atoms with Crippen molar-refractivity contribution in [1.29, 1.82) is 0 Å². The van der Waals surface area contributed by atoms with Crippen LogP contribution in [0, 0.1) is 12.8 Å². The molecule has 3 nitrogen and oxygen atoms in total. The van der Waals surface area contributed by atoms with Gasteiger partial charge in [-0.05, 0) is 25.7 Å². The number of nitrogens with zero attached hydrogens (tertiary/aromatic N) is 2. The van der Waals surface area contributed by atoms with Gasteiger partial charge in [0, 0.05) is 19.3 Å². The zero-order valence-electron chi connectivity index (χ0n) is 9.95. The van der Waals surface area contributed by atoms with Gasteiger partial charge in [-0.2, -0.15) is 0 Å². The van der Waals surface area contributed by atoms with Gasteiger partial charge in [0.2, 0.25) is 5.95 Å². The Morgan fingerprint density at radius 2 is 2.13 bits per heavy atom. The van der Waals surface area contributed by atoms with E-state index in [4.69, 9.17) is 0 Å². The van der Waals surface area contributed by atoms with Gasteiger partial charge in [-0.3, -0.25) is 0 Å². The lowest BCUT2D eigenvalue weighted by Crippen LogP contribution is -2.31. The van der Waals surface area contributed by atoms with Crippen LogP contribution in [0.25, 0.3) is 0 Å². The second-order valence-corrected chi connectivity index (χ2v) is 4.83. The van der Waals surface area contributed by atoms with E-state index in [1.807, 2.05) is 6.92 Å². The first-order valence-electron chi connectivity index (χ1n) is 5.93. The molecule has 0 aliphatic heterocycles. The molecule has 1 N–H and O–H groups in total. The molecule has 3 heteroatoms. The van der Waals surface area contributed by atoms with Crippen molar-refractivity contribution in [1.82, 2.24) is 9.55 Å². The Balaban J connectivity index is 2.04. The molecule has 0 amide bonds. The lowest BCUT2D eigenvalue weighted by atomic mass is 9.86. The van der Waals surface area contributed by atoms with E-state index in [2.05, 4.69) is 35.0 Å². The van der Waals surface area contributed by atoms with E-state index >= 15 is 0 Å². The van der Waals surface area contributed by atoms with Gasteiger partial charge >= 0.3 is 0 Å². The minimum Gasteiger partial charge on any atom is -0.353 e. The molecule has 84 valence electrons. The van der Waals surface area contributed by atoms with Crippen LogP contribution >= 0.6 is 0 Å². The van der Waals surface area contributed by atoms with Gasteiger partial charge in [0.1, 0.15) is 0 Å². The summed E-state index contributed by atoms with van der Waals surface area (Å²) in [5, 5.41) is 3.57. The third kappa shape index (κ3) is 2.33. The fourth-order valence-electron chi connectivity index (χ4n) is 2.45. The van der Waals surface area contributed by atoms with Gasteiger partial charge in [0.15, 0.2) is 0 Å². The summed E-state index contributed by atoms with van der Waals surface area (Å²) in [5.74, 6) is 1.79. The SMILES string of the molecule is Cc1cn(C)c(NC2CCCCC2C)n1. The third-order valence-corrected chi connectivity index (χ3v) is 3.42. The highest BCUT2D eigenvalue weighted by molar-refractivity contribution is 5.30. The Hall–Kier alpha value is -0.990. The van der Waals surface area contributed by atoms with Gasteiger partial charge in [-0.25, -0.2) is 4.98 Å². The Kier molecular flexibility index (Phi) is 2.98. The van der Waals surface area contributed by atoms with Crippen LogP contribution in [0.2, 0.25) is 0 Å². The summed E-state index contributed by atoms with van der Waals surface area (Å²) in [6.07, 6.45) is 7.44. The lowest BCUT2D eigenvalue weighted by Gasteiger charge is -2.29. The highest BCUT2D eigenvalue weighted by Crippen LogP contribution is 2.26. The van der Waals surface area contributed by atoms with Crippen molar-refractivity contribution in [3.63, 3.8) is 0 Å². The summed E-state index contributed by atoms with van der Waals surface area (Å²) in [6.45, 7) is 4.38. The first kappa shape index (κ1) is 10.5. The zero-order valence-corrected chi connectivity index (χ0v) is 9.95. The molecule has 0 aromatic carbocycles. The maximum Gasteiger partial charge on any atom is 0.203 e. The van der Waals surface area contributed by atoms with Crippen LogP contribution in [0.15, 0.2) is 6.20 Å². The molecule has 2 unspecified atom stereocenters. The smallest absolute Gasteiger partial charge is 0.203 e. The molecule has 1 aromatic rings. The summed E-state index contributed by atoms with van der Waals surface area (Å²) in [7, 11) is 2.05. The fraction of sp³-hybridized carbons (Fsp3) is 0.750. The van der Waals surface area contributed by atoms with Crippen LogP contribution in [0.4, 0.5) is 5.95 Å². The first-order valence-corrected chi connectivity index (χ1v) is 5.93. The predicted octanol–water partition coefficient (Wildman–Crippen LogP) is 2.72. The number of hydrogen-bond donors (Lipinski definition) is 1. The Labute approximate surface area is 91.9 Å². The van der Waals surface area contributed by atoms with Crippen LogP contribution in [0.3, 0.4) is 0 Å². The van der Waals surface area contributed by atoms with Crippen LogP contribution in [0.5, 0.6) is 0 Å². The molecule has 15 heavy (non-hydrogen) atoms. The average molecular weight is 207 g/mol. The molecule has 1 aromatic heterocycles. The molecule has 0 spiro atoms. The number of aryl methyl sites for hydroxylation is 2. The number of aromatic nitrogens is 2. The quantitative estimate of drug-likeness (QED) is 0.808. The molecule has 2 rings (SSSR count). The van der Waals surface area contributed by atoms with Gasteiger partial charge in [0.25, 0.3) is 0 Å². The van der Waals surface area contributed by atoms with E-state index in [0.717, 1.165) is 17.6 Å². The second-order valence-electron chi connectivity index (χ2n) is 4.83. The van der Waals surface area contributed by atoms with Crippen molar-refractivity contribution in [2.24, 2.45) is 13.0 Å². The molecular weight excluding hydrogens is 186 g/mol. The molecule has 1 aliphatic rings. The summed E-state index contributed by atoms with van der Waals surface area (Å²) < 4.78 is 2.08. The topological polar surface area (TPSA) is 29.9 Å². The fourth-order valence-corrected chi connectivity index (χ4v) is 2.45. The number of hydrogen-bond acceptors (Lipinski definition) is 2. The maximum atomic E-state index is 4.49. The van der Waals surface area contributed by atoms with Crippen molar-refractivity contribution < 1.29 is 0 Å². The van der Waals surface area contributed by atoms with Gasteiger partial charge in [-0.15, -0.1) is 0 Å². The highest BCUT2D eigenvalue weighted by atomic mass is 15.2. The molecule has 0 bridgehead atoms. The van der Waals surface area contributed by atoms with Crippen molar-refractivity contribution in [2.75, 3.05) is 5.32 Å². The number of anilines is 1. The normalized spacial score (nSPS) is 26.6. The van der Waals surface area contributed by atoms with E-state index < -0.39 is 0 Å². The van der Waals surface area contributed by atoms with Crippen molar-refractivity contribution in [3.8, 4) is 0 Å². The Morgan fingerprint density at radius 3 is 2.73 bits per heavy atom. The molecule has 2 atom stereocenters. The molecule has 1 saturated carbocycles. The Bertz CT molecular complexity index is 330. The van der Waals surface area contributed by atoms with E-state index in [0.29, 0.717) is 6.04 Å². The van der Waals surface area contributed by atoms with Gasteiger partial charge < -0.3 is 9.88 Å². The largest absolute Gasteiger partial charge is 0.353 e. The zero-order chi connectivity index (χ0) is 10.8. The van der Waals surface area contributed by atoms with Crippen molar-refractivity contribution in [3.05, 3.63) is 11.9 Å². The summed E-state index contributed by atoms with van der Waals surface area (Å²) in [4.78, 5) is 4.49. The van der Waals surface area contributed by atoms with Gasteiger partial charge in [-0.1, -0.05) is 19.8 Å². The number of nitrogens with one attached hydrogen (secondary N) is 1. The van der Waals surface area contributed by atoms with Crippen molar-refractivity contribution >= 4 is 5.95 Å². The van der Waals surface area contributed by atoms with E-state index in [-0.39, 0.29) is 0 Å². The van der Waals surface area contributed by atoms with E-state index in [1.165, 1.54) is 25.7 Å². The molecule has 0 saturated heterocycles.